The van der Waals surface area contributed by atoms with E-state index in [2.05, 4.69) is 147 Å². The molecule has 8 aromatic carbocycles. The third kappa shape index (κ3) is 4.74. The highest BCUT2D eigenvalue weighted by Crippen LogP contribution is 2.43. The summed E-state index contributed by atoms with van der Waals surface area (Å²) in [5, 5.41) is 7.22. The molecule has 0 aliphatic carbocycles. The highest BCUT2D eigenvalue weighted by Gasteiger charge is 2.22. The van der Waals surface area contributed by atoms with E-state index in [0.29, 0.717) is 17.6 Å². The molecule has 0 saturated heterocycles. The van der Waals surface area contributed by atoms with Crippen LogP contribution in [0.3, 0.4) is 0 Å². The van der Waals surface area contributed by atoms with Gasteiger partial charge in [0.1, 0.15) is 0 Å². The Morgan fingerprint density at radius 3 is 1.28 bits per heavy atom. The van der Waals surface area contributed by atoms with Crippen molar-refractivity contribution < 1.29 is 0 Å². The molecule has 0 N–H and O–H groups in total. The molecule has 57 heavy (non-hydrogen) atoms. The fourth-order valence-electron chi connectivity index (χ4n) is 8.86. The van der Waals surface area contributed by atoms with Gasteiger partial charge in [-0.05, 0) is 54.6 Å². The molecule has 4 heterocycles. The Kier molecular flexibility index (Phi) is 6.83. The Morgan fingerprint density at radius 2 is 0.719 bits per heavy atom. The molecule has 0 saturated carbocycles. The lowest BCUT2D eigenvalue weighted by Gasteiger charge is -2.12. The smallest absolute Gasteiger partial charge is 0.238 e. The molecule has 0 bridgehead atoms. The molecular formula is C51H32N6. The van der Waals surface area contributed by atoms with Gasteiger partial charge in [0.05, 0.1) is 33.1 Å². The lowest BCUT2D eigenvalue weighted by molar-refractivity contribution is 0.953. The van der Waals surface area contributed by atoms with Crippen LogP contribution < -0.4 is 0 Å². The van der Waals surface area contributed by atoms with Gasteiger partial charge in [-0.25, -0.2) is 4.98 Å². The quantitative estimate of drug-likeness (QED) is 0.177. The predicted octanol–water partition coefficient (Wildman–Crippen LogP) is 12.5. The molecule has 12 rings (SSSR count). The van der Waals surface area contributed by atoms with Crippen LogP contribution in [0.25, 0.3) is 106 Å². The summed E-state index contributed by atoms with van der Waals surface area (Å²) in [6.07, 6.45) is 0. The second-order valence-electron chi connectivity index (χ2n) is 14.5. The van der Waals surface area contributed by atoms with Crippen LogP contribution in [-0.4, -0.2) is 28.7 Å². The van der Waals surface area contributed by atoms with Crippen LogP contribution in [-0.2, 0) is 0 Å². The first-order valence-corrected chi connectivity index (χ1v) is 19.2. The van der Waals surface area contributed by atoms with Gasteiger partial charge in [-0.2, -0.15) is 9.97 Å². The summed E-state index contributed by atoms with van der Waals surface area (Å²) in [5.41, 5.74) is 10.8. The first-order valence-electron chi connectivity index (χ1n) is 19.2. The van der Waals surface area contributed by atoms with Gasteiger partial charge in [0, 0.05) is 54.8 Å². The minimum Gasteiger partial charge on any atom is -0.309 e. The predicted molar refractivity (Wildman–Crippen MR) is 234 cm³/mol. The van der Waals surface area contributed by atoms with E-state index in [1.54, 1.807) is 0 Å². The molecule has 0 aliphatic heterocycles. The maximum atomic E-state index is 5.19. The van der Waals surface area contributed by atoms with Crippen molar-refractivity contribution in [2.45, 2.75) is 0 Å². The van der Waals surface area contributed by atoms with Crippen LogP contribution in [0.1, 0.15) is 0 Å². The van der Waals surface area contributed by atoms with Crippen molar-refractivity contribution in [3.05, 3.63) is 194 Å². The van der Waals surface area contributed by atoms with Crippen molar-refractivity contribution in [2.75, 3.05) is 0 Å². The summed E-state index contributed by atoms with van der Waals surface area (Å²) in [6.45, 7) is 0. The van der Waals surface area contributed by atoms with Gasteiger partial charge < -0.3 is 9.13 Å². The van der Waals surface area contributed by atoms with E-state index in [4.69, 9.17) is 15.0 Å². The van der Waals surface area contributed by atoms with Crippen molar-refractivity contribution in [1.82, 2.24) is 28.7 Å². The molecule has 4 aromatic heterocycles. The Labute approximate surface area is 327 Å². The second-order valence-corrected chi connectivity index (χ2v) is 14.5. The van der Waals surface area contributed by atoms with Crippen molar-refractivity contribution >= 4 is 65.4 Å². The number of fused-ring (bicyclic) bond motifs is 10. The van der Waals surface area contributed by atoms with Crippen LogP contribution in [0.2, 0.25) is 0 Å². The molecule has 0 radical (unpaired) electrons. The molecule has 266 valence electrons. The first-order chi connectivity index (χ1) is 28.3. The van der Waals surface area contributed by atoms with Crippen LogP contribution in [0, 0.1) is 0 Å². The highest BCUT2D eigenvalue weighted by molar-refractivity contribution is 6.29. The van der Waals surface area contributed by atoms with E-state index >= 15 is 0 Å². The molecule has 0 aliphatic rings. The molecule has 6 nitrogen and oxygen atoms in total. The Bertz CT molecular complexity index is 3450. The largest absolute Gasteiger partial charge is 0.309 e. The van der Waals surface area contributed by atoms with E-state index in [-0.39, 0.29) is 0 Å². The van der Waals surface area contributed by atoms with Gasteiger partial charge in [0.2, 0.25) is 5.95 Å². The topological polar surface area (TPSA) is 53.5 Å². The van der Waals surface area contributed by atoms with Crippen LogP contribution in [0.15, 0.2) is 194 Å². The van der Waals surface area contributed by atoms with E-state index < -0.39 is 0 Å². The van der Waals surface area contributed by atoms with E-state index in [9.17, 15) is 0 Å². The standard InChI is InChI=1S/C51H32N6/c1-4-16-33(17-5-1)49-52-50(34-18-6-2-7-19-34)54-51(53-49)57-41-25-13-10-22-37(41)38-29-28-36(32-46(38)57)56-43-27-15-12-24-40(43)48-45(56)31-30-44-47(48)39-23-11-14-26-42(39)55(44)35-20-8-3-9-21-35/h1-32H. The van der Waals surface area contributed by atoms with Gasteiger partial charge in [-0.3, -0.25) is 4.57 Å². The average Bonchev–Trinajstić information content (AvgIpc) is 3.92. The number of benzene rings is 8. The van der Waals surface area contributed by atoms with Crippen LogP contribution >= 0.6 is 0 Å². The fraction of sp³-hybridized carbons (Fsp3) is 0. The van der Waals surface area contributed by atoms with E-state index in [1.807, 2.05) is 60.7 Å². The van der Waals surface area contributed by atoms with Crippen molar-refractivity contribution in [2.24, 2.45) is 0 Å². The van der Waals surface area contributed by atoms with Crippen molar-refractivity contribution in [1.29, 1.82) is 0 Å². The van der Waals surface area contributed by atoms with Crippen LogP contribution in [0.5, 0.6) is 0 Å². The molecule has 0 spiro atoms. The maximum absolute atomic E-state index is 5.19. The van der Waals surface area contributed by atoms with Crippen molar-refractivity contribution in [3.63, 3.8) is 0 Å². The summed E-state index contributed by atoms with van der Waals surface area (Å²) in [6, 6.07) is 68.4. The zero-order chi connectivity index (χ0) is 37.5. The van der Waals surface area contributed by atoms with Gasteiger partial charge >= 0.3 is 0 Å². The first kappa shape index (κ1) is 31.5. The highest BCUT2D eigenvalue weighted by atomic mass is 15.2. The lowest BCUT2D eigenvalue weighted by Crippen LogP contribution is -2.06. The van der Waals surface area contributed by atoms with Gasteiger partial charge in [0.15, 0.2) is 11.6 Å². The number of nitrogens with zero attached hydrogens (tertiary/aromatic N) is 6. The summed E-state index contributed by atoms with van der Waals surface area (Å²) >= 11 is 0. The summed E-state index contributed by atoms with van der Waals surface area (Å²) in [4.78, 5) is 15.4. The van der Waals surface area contributed by atoms with Gasteiger partial charge in [-0.15, -0.1) is 0 Å². The molecule has 0 atom stereocenters. The summed E-state index contributed by atoms with van der Waals surface area (Å²) < 4.78 is 7.01. The number of aromatic nitrogens is 6. The Morgan fingerprint density at radius 1 is 0.281 bits per heavy atom. The monoisotopic (exact) mass is 728 g/mol. The lowest BCUT2D eigenvalue weighted by atomic mass is 10.1. The van der Waals surface area contributed by atoms with Gasteiger partial charge in [-0.1, -0.05) is 140 Å². The fourth-order valence-corrected chi connectivity index (χ4v) is 8.86. The van der Waals surface area contributed by atoms with Crippen molar-refractivity contribution in [3.8, 4) is 40.1 Å². The normalized spacial score (nSPS) is 11.9. The third-order valence-electron chi connectivity index (χ3n) is 11.3. The summed E-state index contributed by atoms with van der Waals surface area (Å²) in [5.74, 6) is 1.83. The number of hydrogen-bond donors (Lipinski definition) is 0. The maximum Gasteiger partial charge on any atom is 0.238 e. The molecule has 6 heteroatoms. The molecule has 0 amide bonds. The minimum atomic E-state index is 0.573. The molecule has 0 unspecified atom stereocenters. The number of hydrogen-bond acceptors (Lipinski definition) is 3. The second kappa shape index (κ2) is 12.3. The SMILES string of the molecule is c1ccc(-c2nc(-c3ccccc3)nc(-n3c4ccccc4c4ccc(-n5c6ccccc6c6c7c8ccccc8n(-c8ccccc8)c7ccc65)cc43)n2)cc1. The molecule has 0 fully saturated rings. The zero-order valence-corrected chi connectivity index (χ0v) is 30.7. The Hall–Kier alpha value is -7.83. The zero-order valence-electron chi connectivity index (χ0n) is 30.7. The van der Waals surface area contributed by atoms with E-state index in [1.165, 1.54) is 32.6 Å². The molecular weight excluding hydrogens is 697 g/mol. The summed E-state index contributed by atoms with van der Waals surface area (Å²) in [7, 11) is 0. The van der Waals surface area contributed by atoms with Crippen LogP contribution in [0.4, 0.5) is 0 Å². The van der Waals surface area contributed by atoms with Gasteiger partial charge in [0.25, 0.3) is 0 Å². The number of para-hydroxylation sites is 4. The van der Waals surface area contributed by atoms with E-state index in [0.717, 1.165) is 55.3 Å². The third-order valence-corrected chi connectivity index (χ3v) is 11.3. The molecule has 12 aromatic rings. The minimum absolute atomic E-state index is 0.573. The average molecular weight is 729 g/mol. The Balaban J connectivity index is 1.15. The number of rotatable bonds is 5.